The molecule has 10 atom stereocenters. The maximum absolute atomic E-state index is 12.0. The van der Waals surface area contributed by atoms with Crippen LogP contribution in [0.4, 0.5) is 0 Å². The topological polar surface area (TPSA) is 175 Å². The van der Waals surface area contributed by atoms with Gasteiger partial charge in [-0.05, 0) is 6.42 Å². The normalized spacial score (nSPS) is 45.8. The Hall–Kier alpha value is -1.31. The number of hydrogen-bond donors (Lipinski definition) is 6. The summed E-state index contributed by atoms with van der Waals surface area (Å²) in [6.45, 7) is -1.01. The van der Waals surface area contributed by atoms with Gasteiger partial charge >= 0.3 is 5.97 Å². The number of aliphatic hydroxyl groups is 6. The maximum atomic E-state index is 12.0. The monoisotopic (exact) mass is 406 g/mol. The van der Waals surface area contributed by atoms with E-state index in [1.165, 1.54) is 7.11 Å². The van der Waals surface area contributed by atoms with Crippen LogP contribution >= 0.6 is 0 Å². The molecule has 3 rings (SSSR count). The molecule has 0 aromatic rings. The van der Waals surface area contributed by atoms with E-state index in [1.54, 1.807) is 0 Å². The molecule has 6 N–H and O–H groups in total. The fourth-order valence-corrected chi connectivity index (χ4v) is 4.19. The predicted molar refractivity (Wildman–Crippen MR) is 88.0 cm³/mol. The van der Waals surface area contributed by atoms with Crippen LogP contribution in [0.5, 0.6) is 0 Å². The second-order valence-electron chi connectivity index (χ2n) is 7.24. The van der Waals surface area contributed by atoms with Gasteiger partial charge < -0.3 is 49.6 Å². The standard InChI is InChI=1S/C17H26O11/c1-25-15(24)8-5-26-16(11-6(8)2-9(20)7(11)3-18)28-17-14(23)13(22)12(21)10(4-19)27-17/h5-7,9-14,16-23H,2-4H2,1H3/t6-,7+,9-,10-,11+,12-,13+,14-,16+,17+/m1/s1. The summed E-state index contributed by atoms with van der Waals surface area (Å²) in [6.07, 6.45) is -8.14. The third kappa shape index (κ3) is 3.64. The van der Waals surface area contributed by atoms with E-state index in [0.717, 1.165) is 6.26 Å². The molecular weight excluding hydrogens is 380 g/mol. The molecule has 0 amide bonds. The van der Waals surface area contributed by atoms with Crippen molar-refractivity contribution in [2.24, 2.45) is 17.8 Å². The zero-order valence-corrected chi connectivity index (χ0v) is 15.2. The van der Waals surface area contributed by atoms with Crippen LogP contribution < -0.4 is 0 Å². The molecule has 3 aliphatic rings. The minimum absolute atomic E-state index is 0.175. The highest BCUT2D eigenvalue weighted by Crippen LogP contribution is 2.47. The molecule has 0 radical (unpaired) electrons. The summed E-state index contributed by atoms with van der Waals surface area (Å²) in [4.78, 5) is 12.0. The number of hydrogen-bond acceptors (Lipinski definition) is 11. The summed E-state index contributed by atoms with van der Waals surface area (Å²) in [6, 6.07) is 0. The fourth-order valence-electron chi connectivity index (χ4n) is 4.19. The lowest BCUT2D eigenvalue weighted by Gasteiger charge is -2.43. The molecule has 2 fully saturated rings. The third-order valence-electron chi connectivity index (χ3n) is 5.74. The summed E-state index contributed by atoms with van der Waals surface area (Å²) in [5.41, 5.74) is 0.191. The molecule has 1 aliphatic carbocycles. The van der Waals surface area contributed by atoms with Crippen molar-refractivity contribution in [3.8, 4) is 0 Å². The average Bonchev–Trinajstić information content (AvgIpc) is 3.04. The highest BCUT2D eigenvalue weighted by Gasteiger charge is 2.54. The van der Waals surface area contributed by atoms with Gasteiger partial charge in [-0.25, -0.2) is 4.79 Å². The number of esters is 1. The smallest absolute Gasteiger partial charge is 0.337 e. The first-order chi connectivity index (χ1) is 13.3. The Kier molecular flexibility index (Phi) is 6.57. The first-order valence-corrected chi connectivity index (χ1v) is 9.02. The summed E-state index contributed by atoms with van der Waals surface area (Å²) in [5.74, 6) is -2.49. The van der Waals surface area contributed by atoms with Gasteiger partial charge in [0.15, 0.2) is 6.29 Å². The quantitative estimate of drug-likeness (QED) is 0.254. The summed E-state index contributed by atoms with van der Waals surface area (Å²) >= 11 is 0. The highest BCUT2D eigenvalue weighted by atomic mass is 16.8. The van der Waals surface area contributed by atoms with Crippen molar-refractivity contribution in [2.45, 2.75) is 49.5 Å². The Morgan fingerprint density at radius 3 is 2.43 bits per heavy atom. The number of ether oxygens (including phenoxy) is 4. The van der Waals surface area contributed by atoms with Crippen LogP contribution in [0, 0.1) is 17.8 Å². The average molecular weight is 406 g/mol. The summed E-state index contributed by atoms with van der Waals surface area (Å²) in [7, 11) is 1.21. The van der Waals surface area contributed by atoms with Crippen LogP contribution in [0.2, 0.25) is 0 Å². The van der Waals surface area contributed by atoms with Crippen molar-refractivity contribution in [1.82, 2.24) is 0 Å². The molecule has 1 saturated carbocycles. The Labute approximate surface area is 160 Å². The van der Waals surface area contributed by atoms with Crippen LogP contribution in [-0.4, -0.2) is 100 Å². The Morgan fingerprint density at radius 1 is 1.11 bits per heavy atom. The molecule has 160 valence electrons. The number of carbonyl (C=O) groups is 1. The lowest BCUT2D eigenvalue weighted by molar-refractivity contribution is -0.343. The molecule has 0 aromatic carbocycles. The first-order valence-electron chi connectivity index (χ1n) is 9.02. The van der Waals surface area contributed by atoms with Crippen molar-refractivity contribution < 1.29 is 54.4 Å². The molecule has 11 heteroatoms. The van der Waals surface area contributed by atoms with Gasteiger partial charge in [0, 0.05) is 24.4 Å². The predicted octanol–water partition coefficient (Wildman–Crippen LogP) is -3.18. The Balaban J connectivity index is 1.83. The van der Waals surface area contributed by atoms with E-state index in [4.69, 9.17) is 18.9 Å². The highest BCUT2D eigenvalue weighted by molar-refractivity contribution is 5.89. The fraction of sp³-hybridized carbons (Fsp3) is 0.824. The van der Waals surface area contributed by atoms with Crippen molar-refractivity contribution in [1.29, 1.82) is 0 Å². The van der Waals surface area contributed by atoms with Crippen LogP contribution in [0.3, 0.4) is 0 Å². The molecule has 11 nitrogen and oxygen atoms in total. The minimum atomic E-state index is -1.63. The second-order valence-corrected chi connectivity index (χ2v) is 7.24. The van der Waals surface area contributed by atoms with Crippen molar-refractivity contribution in [2.75, 3.05) is 20.3 Å². The molecule has 0 bridgehead atoms. The second kappa shape index (κ2) is 8.59. The van der Waals surface area contributed by atoms with E-state index in [-0.39, 0.29) is 12.0 Å². The van der Waals surface area contributed by atoms with E-state index < -0.39 is 80.0 Å². The van der Waals surface area contributed by atoms with Gasteiger partial charge in [0.05, 0.1) is 31.7 Å². The van der Waals surface area contributed by atoms with Gasteiger partial charge in [-0.2, -0.15) is 0 Å². The first kappa shape index (κ1) is 21.4. The van der Waals surface area contributed by atoms with Gasteiger partial charge in [0.25, 0.3) is 0 Å². The number of methoxy groups -OCH3 is 1. The number of carbonyl (C=O) groups excluding carboxylic acids is 1. The van der Waals surface area contributed by atoms with Crippen LogP contribution in [0.15, 0.2) is 11.8 Å². The van der Waals surface area contributed by atoms with Gasteiger partial charge in [-0.1, -0.05) is 0 Å². The van der Waals surface area contributed by atoms with E-state index in [0.29, 0.717) is 0 Å². The van der Waals surface area contributed by atoms with Crippen molar-refractivity contribution in [3.63, 3.8) is 0 Å². The zero-order chi connectivity index (χ0) is 20.6. The van der Waals surface area contributed by atoms with Crippen LogP contribution in [0.25, 0.3) is 0 Å². The lowest BCUT2D eigenvalue weighted by atomic mass is 9.83. The van der Waals surface area contributed by atoms with Gasteiger partial charge in [0.1, 0.15) is 24.4 Å². The third-order valence-corrected chi connectivity index (χ3v) is 5.74. The van der Waals surface area contributed by atoms with E-state index in [9.17, 15) is 35.4 Å². The molecule has 0 spiro atoms. The zero-order valence-electron chi connectivity index (χ0n) is 15.2. The van der Waals surface area contributed by atoms with Crippen molar-refractivity contribution >= 4 is 5.97 Å². The summed E-state index contributed by atoms with van der Waals surface area (Å²) < 4.78 is 21.2. The Morgan fingerprint density at radius 2 is 1.82 bits per heavy atom. The van der Waals surface area contributed by atoms with Gasteiger partial charge in [-0.3, -0.25) is 0 Å². The van der Waals surface area contributed by atoms with Crippen molar-refractivity contribution in [3.05, 3.63) is 11.8 Å². The lowest BCUT2D eigenvalue weighted by Crippen LogP contribution is -2.60. The number of rotatable bonds is 5. The summed E-state index contributed by atoms with van der Waals surface area (Å²) in [5, 5.41) is 59.2. The molecular formula is C17H26O11. The van der Waals surface area contributed by atoms with Gasteiger partial charge in [0.2, 0.25) is 6.29 Å². The molecule has 28 heavy (non-hydrogen) atoms. The van der Waals surface area contributed by atoms with E-state index in [1.807, 2.05) is 0 Å². The SMILES string of the molecule is COC(=O)C1=CO[C@@H](O[C@@H]2O[C@H](CO)[C@@H](O)[C@H](O)[C@H]2O)[C@@H]2[C@@H](CO)[C@H](O)C[C@H]12. The van der Waals surface area contributed by atoms with Gasteiger partial charge in [-0.15, -0.1) is 0 Å². The van der Waals surface area contributed by atoms with Crippen LogP contribution in [0.1, 0.15) is 6.42 Å². The minimum Gasteiger partial charge on any atom is -0.472 e. The maximum Gasteiger partial charge on any atom is 0.337 e. The molecule has 2 aliphatic heterocycles. The molecule has 0 aromatic heterocycles. The van der Waals surface area contributed by atoms with E-state index in [2.05, 4.69) is 0 Å². The number of aliphatic hydroxyl groups excluding tert-OH is 6. The largest absolute Gasteiger partial charge is 0.472 e. The van der Waals surface area contributed by atoms with Crippen LogP contribution in [-0.2, 0) is 23.7 Å². The molecule has 1 saturated heterocycles. The molecule has 0 unspecified atom stereocenters. The Bertz CT molecular complexity index is 594. The number of fused-ring (bicyclic) bond motifs is 1. The molecule has 2 heterocycles. The van der Waals surface area contributed by atoms with E-state index >= 15 is 0 Å².